The fourth-order valence-corrected chi connectivity index (χ4v) is 1.09. The monoisotopic (exact) mass is 188 g/mol. The maximum absolute atomic E-state index is 10.7. The first kappa shape index (κ1) is 12.4. The van der Waals surface area contributed by atoms with E-state index in [2.05, 4.69) is 6.92 Å². The molecule has 1 unspecified atom stereocenters. The molecule has 0 spiro atoms. The third-order valence-corrected chi connectivity index (χ3v) is 2.47. The van der Waals surface area contributed by atoms with Crippen LogP contribution in [0, 0.1) is 5.41 Å². The second-order valence-electron chi connectivity index (χ2n) is 4.04. The highest BCUT2D eigenvalue weighted by atomic mass is 16.4. The van der Waals surface area contributed by atoms with Crippen molar-refractivity contribution in [2.45, 2.75) is 52.6 Å². The Morgan fingerprint density at radius 3 is 2.31 bits per heavy atom. The number of unbranched alkanes of at least 4 members (excludes halogenated alkanes) is 2. The Hall–Kier alpha value is -0.570. The molecule has 13 heavy (non-hydrogen) atoms. The zero-order valence-electron chi connectivity index (χ0n) is 8.71. The number of aliphatic hydroxyl groups is 1. The van der Waals surface area contributed by atoms with Gasteiger partial charge in [0.25, 0.3) is 0 Å². The summed E-state index contributed by atoms with van der Waals surface area (Å²) in [6, 6.07) is 0. The molecule has 0 radical (unpaired) electrons. The van der Waals surface area contributed by atoms with Gasteiger partial charge >= 0.3 is 5.97 Å². The minimum absolute atomic E-state index is 0.577. The Balaban J connectivity index is 3.94. The fraction of sp³-hybridized carbons (Fsp3) is 0.900. The lowest BCUT2D eigenvalue weighted by Gasteiger charge is -2.25. The second-order valence-corrected chi connectivity index (χ2v) is 4.04. The first-order valence-electron chi connectivity index (χ1n) is 4.84. The maximum Gasteiger partial charge on any atom is 0.311 e. The first-order chi connectivity index (χ1) is 5.92. The number of hydrogen-bond donors (Lipinski definition) is 2. The van der Waals surface area contributed by atoms with E-state index in [4.69, 9.17) is 5.11 Å². The molecule has 0 aliphatic carbocycles. The lowest BCUT2D eigenvalue weighted by molar-refractivity contribution is -0.153. The fourth-order valence-electron chi connectivity index (χ4n) is 1.09. The molecule has 3 nitrogen and oxygen atoms in total. The van der Waals surface area contributed by atoms with Gasteiger partial charge in [-0.3, -0.25) is 4.79 Å². The van der Waals surface area contributed by atoms with Gasteiger partial charge in [-0.05, 0) is 20.3 Å². The molecule has 0 fully saturated rings. The van der Waals surface area contributed by atoms with E-state index in [0.717, 1.165) is 19.3 Å². The molecule has 0 aliphatic heterocycles. The molecule has 0 rings (SSSR count). The Morgan fingerprint density at radius 2 is 1.92 bits per heavy atom. The van der Waals surface area contributed by atoms with Crippen LogP contribution in [0.1, 0.15) is 46.5 Å². The van der Waals surface area contributed by atoms with Crippen LogP contribution in [-0.2, 0) is 4.79 Å². The summed E-state index contributed by atoms with van der Waals surface area (Å²) in [6.45, 7) is 5.20. The van der Waals surface area contributed by atoms with E-state index in [0.29, 0.717) is 6.42 Å². The van der Waals surface area contributed by atoms with Gasteiger partial charge in [-0.25, -0.2) is 0 Å². The van der Waals surface area contributed by atoms with Gasteiger partial charge in [0, 0.05) is 0 Å². The van der Waals surface area contributed by atoms with E-state index < -0.39 is 17.5 Å². The van der Waals surface area contributed by atoms with Gasteiger partial charge < -0.3 is 10.2 Å². The molecule has 1 atom stereocenters. The van der Waals surface area contributed by atoms with Gasteiger partial charge in [-0.15, -0.1) is 0 Å². The minimum Gasteiger partial charge on any atom is -0.481 e. The molecule has 0 bridgehead atoms. The zero-order chi connectivity index (χ0) is 10.5. The van der Waals surface area contributed by atoms with Crippen molar-refractivity contribution in [3.63, 3.8) is 0 Å². The first-order valence-corrected chi connectivity index (χ1v) is 4.84. The summed E-state index contributed by atoms with van der Waals surface area (Å²) in [4.78, 5) is 10.7. The summed E-state index contributed by atoms with van der Waals surface area (Å²) in [7, 11) is 0. The average molecular weight is 188 g/mol. The largest absolute Gasteiger partial charge is 0.481 e. The normalized spacial score (nSPS) is 14.2. The highest BCUT2D eigenvalue weighted by Crippen LogP contribution is 2.24. The maximum atomic E-state index is 10.7. The Labute approximate surface area is 79.8 Å². The summed E-state index contributed by atoms with van der Waals surface area (Å²) in [5, 5.41) is 18.4. The number of rotatable bonds is 6. The third kappa shape index (κ3) is 3.77. The average Bonchev–Trinajstić information content (AvgIpc) is 2.04. The molecular weight excluding hydrogens is 168 g/mol. The van der Waals surface area contributed by atoms with Crippen LogP contribution in [0.4, 0.5) is 0 Å². The summed E-state index contributed by atoms with van der Waals surface area (Å²) in [6.07, 6.45) is 2.87. The standard InChI is InChI=1S/C10H20O3/c1-4-5-6-7-8(11)10(2,3)9(12)13/h8,11H,4-7H2,1-3H3,(H,12,13). The van der Waals surface area contributed by atoms with Gasteiger partial charge in [0.2, 0.25) is 0 Å². The quantitative estimate of drug-likeness (QED) is 0.627. The highest BCUT2D eigenvalue weighted by molar-refractivity contribution is 5.74. The van der Waals surface area contributed by atoms with E-state index in [1.807, 2.05) is 0 Å². The molecule has 2 N–H and O–H groups in total. The van der Waals surface area contributed by atoms with Crippen LogP contribution in [0.5, 0.6) is 0 Å². The van der Waals surface area contributed by atoms with Crippen molar-refractivity contribution in [2.24, 2.45) is 5.41 Å². The van der Waals surface area contributed by atoms with Crippen LogP contribution < -0.4 is 0 Å². The number of aliphatic hydroxyl groups excluding tert-OH is 1. The van der Waals surface area contributed by atoms with Crippen LogP contribution >= 0.6 is 0 Å². The number of carbonyl (C=O) groups is 1. The molecule has 3 heteroatoms. The van der Waals surface area contributed by atoms with E-state index >= 15 is 0 Å². The van der Waals surface area contributed by atoms with E-state index in [9.17, 15) is 9.90 Å². The van der Waals surface area contributed by atoms with Crippen LogP contribution in [-0.4, -0.2) is 22.3 Å². The smallest absolute Gasteiger partial charge is 0.311 e. The van der Waals surface area contributed by atoms with Crippen molar-refractivity contribution >= 4 is 5.97 Å². The summed E-state index contributed by atoms with van der Waals surface area (Å²) in [5.41, 5.74) is -1.02. The van der Waals surface area contributed by atoms with Crippen LogP contribution in [0.25, 0.3) is 0 Å². The molecule has 0 aromatic heterocycles. The number of hydrogen-bond acceptors (Lipinski definition) is 2. The lowest BCUT2D eigenvalue weighted by atomic mass is 9.84. The molecule has 78 valence electrons. The zero-order valence-corrected chi connectivity index (χ0v) is 8.71. The molecule has 0 saturated carbocycles. The van der Waals surface area contributed by atoms with Gasteiger partial charge in [0.15, 0.2) is 0 Å². The molecule has 0 aromatic rings. The number of aliphatic carboxylic acids is 1. The summed E-state index contributed by atoms with van der Waals surface area (Å²) in [5.74, 6) is -0.934. The molecule has 0 heterocycles. The van der Waals surface area contributed by atoms with E-state index in [1.165, 1.54) is 0 Å². The Morgan fingerprint density at radius 1 is 1.38 bits per heavy atom. The van der Waals surface area contributed by atoms with Gasteiger partial charge in [0.05, 0.1) is 11.5 Å². The molecule has 0 aliphatic rings. The molecule has 0 aromatic carbocycles. The predicted molar refractivity (Wildman–Crippen MR) is 51.6 cm³/mol. The highest BCUT2D eigenvalue weighted by Gasteiger charge is 2.34. The second kappa shape index (κ2) is 5.22. The van der Waals surface area contributed by atoms with Gasteiger partial charge in [-0.1, -0.05) is 26.2 Å². The summed E-state index contributed by atoms with van der Waals surface area (Å²) < 4.78 is 0. The minimum atomic E-state index is -1.02. The number of carboxylic acid groups (broad SMARTS) is 1. The van der Waals surface area contributed by atoms with Crippen LogP contribution in [0.3, 0.4) is 0 Å². The predicted octanol–water partition coefficient (Wildman–Crippen LogP) is 2.04. The number of carboxylic acids is 1. The van der Waals surface area contributed by atoms with Crippen LogP contribution in [0.15, 0.2) is 0 Å². The van der Waals surface area contributed by atoms with Crippen molar-refractivity contribution in [3.8, 4) is 0 Å². The van der Waals surface area contributed by atoms with Gasteiger partial charge in [-0.2, -0.15) is 0 Å². The summed E-state index contributed by atoms with van der Waals surface area (Å²) >= 11 is 0. The topological polar surface area (TPSA) is 57.5 Å². The van der Waals surface area contributed by atoms with E-state index in [1.54, 1.807) is 13.8 Å². The Bertz CT molecular complexity index is 164. The molecule has 0 amide bonds. The molecular formula is C10H20O3. The van der Waals surface area contributed by atoms with Crippen LogP contribution in [0.2, 0.25) is 0 Å². The lowest BCUT2D eigenvalue weighted by Crippen LogP contribution is -2.36. The third-order valence-electron chi connectivity index (χ3n) is 2.47. The van der Waals surface area contributed by atoms with Crippen molar-refractivity contribution in [3.05, 3.63) is 0 Å². The van der Waals surface area contributed by atoms with Crippen molar-refractivity contribution in [1.29, 1.82) is 0 Å². The van der Waals surface area contributed by atoms with Gasteiger partial charge in [0.1, 0.15) is 0 Å². The van der Waals surface area contributed by atoms with Crippen molar-refractivity contribution in [1.82, 2.24) is 0 Å². The van der Waals surface area contributed by atoms with Crippen molar-refractivity contribution in [2.75, 3.05) is 0 Å². The SMILES string of the molecule is CCCCCC(O)C(C)(C)C(=O)O. The van der Waals surface area contributed by atoms with Crippen molar-refractivity contribution < 1.29 is 15.0 Å². The molecule has 0 saturated heterocycles. The van der Waals surface area contributed by atoms with E-state index in [-0.39, 0.29) is 0 Å². The Kier molecular flexibility index (Phi) is 4.99.